The second-order valence-corrected chi connectivity index (χ2v) is 5.48. The van der Waals surface area contributed by atoms with E-state index in [9.17, 15) is 13.6 Å². The monoisotopic (exact) mass is 362 g/mol. The third-order valence-electron chi connectivity index (χ3n) is 2.06. The van der Waals surface area contributed by atoms with E-state index in [2.05, 4.69) is 21.2 Å². The minimum Gasteiger partial charge on any atom is -0.350 e. The van der Waals surface area contributed by atoms with Crippen LogP contribution in [0, 0.1) is 0 Å². The van der Waals surface area contributed by atoms with Crippen LogP contribution in [-0.2, 0) is 11.2 Å². The summed E-state index contributed by atoms with van der Waals surface area (Å²) < 4.78 is 26.4. The van der Waals surface area contributed by atoms with Crippen molar-refractivity contribution in [2.75, 3.05) is 13.1 Å². The lowest BCUT2D eigenvalue weighted by atomic mass is 10.2. The molecule has 18 heavy (non-hydrogen) atoms. The molecule has 8 heteroatoms. The summed E-state index contributed by atoms with van der Waals surface area (Å²) >= 11 is 4.83. The van der Waals surface area contributed by atoms with E-state index < -0.39 is 19.0 Å². The molecular formula is C10H14BrClF2N2OS. The molecule has 0 atom stereocenters. The van der Waals surface area contributed by atoms with Gasteiger partial charge in [-0.05, 0) is 28.4 Å². The van der Waals surface area contributed by atoms with Crippen LogP contribution in [0.5, 0.6) is 0 Å². The highest BCUT2D eigenvalue weighted by molar-refractivity contribution is 9.10. The molecule has 1 rings (SSSR count). The van der Waals surface area contributed by atoms with Crippen LogP contribution in [0.15, 0.2) is 15.9 Å². The summed E-state index contributed by atoms with van der Waals surface area (Å²) in [4.78, 5) is 12.3. The molecule has 3 nitrogen and oxygen atoms in total. The first-order valence-corrected chi connectivity index (χ1v) is 6.68. The zero-order valence-corrected chi connectivity index (χ0v) is 12.6. The number of nitrogens with two attached hydrogens (primary N) is 1. The van der Waals surface area contributed by atoms with E-state index in [-0.39, 0.29) is 24.7 Å². The van der Waals surface area contributed by atoms with Crippen LogP contribution in [0.2, 0.25) is 0 Å². The van der Waals surface area contributed by atoms with Gasteiger partial charge in [0, 0.05) is 21.2 Å². The van der Waals surface area contributed by atoms with E-state index in [1.807, 2.05) is 11.4 Å². The molecule has 0 unspecified atom stereocenters. The van der Waals surface area contributed by atoms with E-state index in [0.717, 1.165) is 9.35 Å². The maximum atomic E-state index is 12.7. The van der Waals surface area contributed by atoms with Gasteiger partial charge in [0.2, 0.25) is 5.91 Å². The number of rotatable bonds is 6. The highest BCUT2D eigenvalue weighted by Crippen LogP contribution is 2.20. The number of hydrogen-bond acceptors (Lipinski definition) is 3. The SMILES string of the molecule is Cl.NCC(F)(F)CNC(=O)CCc1cc(Br)cs1. The molecule has 0 bridgehead atoms. The zero-order chi connectivity index (χ0) is 12.9. The molecule has 0 spiro atoms. The van der Waals surface area contributed by atoms with Crippen molar-refractivity contribution in [3.63, 3.8) is 0 Å². The van der Waals surface area contributed by atoms with Gasteiger partial charge in [-0.3, -0.25) is 4.79 Å². The van der Waals surface area contributed by atoms with Crippen LogP contribution in [-0.4, -0.2) is 24.9 Å². The van der Waals surface area contributed by atoms with Crippen molar-refractivity contribution in [2.24, 2.45) is 5.73 Å². The number of thiophene rings is 1. The highest BCUT2D eigenvalue weighted by Gasteiger charge is 2.26. The first-order valence-electron chi connectivity index (χ1n) is 5.00. The van der Waals surface area contributed by atoms with Crippen molar-refractivity contribution in [1.29, 1.82) is 0 Å². The maximum absolute atomic E-state index is 12.7. The minimum atomic E-state index is -3.03. The molecule has 104 valence electrons. The number of hydrogen-bond donors (Lipinski definition) is 2. The first kappa shape index (κ1) is 17.8. The normalized spacial score (nSPS) is 10.9. The van der Waals surface area contributed by atoms with Crippen LogP contribution in [0.3, 0.4) is 0 Å². The molecule has 1 heterocycles. The summed E-state index contributed by atoms with van der Waals surface area (Å²) in [6.45, 7) is -1.46. The van der Waals surface area contributed by atoms with Gasteiger partial charge in [0.25, 0.3) is 5.92 Å². The largest absolute Gasteiger partial charge is 0.350 e. The number of alkyl halides is 2. The number of halogens is 4. The van der Waals surface area contributed by atoms with E-state index in [1.165, 1.54) is 11.3 Å². The van der Waals surface area contributed by atoms with Gasteiger partial charge in [-0.25, -0.2) is 8.78 Å². The highest BCUT2D eigenvalue weighted by atomic mass is 79.9. The van der Waals surface area contributed by atoms with E-state index in [0.29, 0.717) is 6.42 Å². The second kappa shape index (κ2) is 8.04. The molecule has 1 aromatic rings. The van der Waals surface area contributed by atoms with Crippen LogP contribution >= 0.6 is 39.7 Å². The summed E-state index contributed by atoms with van der Waals surface area (Å²) in [6.07, 6.45) is 0.754. The quantitative estimate of drug-likeness (QED) is 0.816. The Hall–Kier alpha value is -0.240. The molecule has 0 aliphatic rings. The standard InChI is InChI=1S/C10H13BrF2N2OS.ClH/c11-7-3-8(17-4-7)1-2-9(16)15-6-10(12,13)5-14;/h3-4H,1-2,5-6,14H2,(H,15,16);1H. The molecular weight excluding hydrogens is 350 g/mol. The summed E-state index contributed by atoms with van der Waals surface area (Å²) in [6, 6.07) is 1.91. The number of carbonyl (C=O) groups is 1. The van der Waals surface area contributed by atoms with Crippen LogP contribution < -0.4 is 11.1 Å². The average molecular weight is 364 g/mol. The molecule has 0 saturated heterocycles. The minimum absolute atomic E-state index is 0. The van der Waals surface area contributed by atoms with Crippen molar-refractivity contribution in [3.8, 4) is 0 Å². The Kier molecular flexibility index (Phi) is 7.93. The van der Waals surface area contributed by atoms with Gasteiger partial charge in [-0.1, -0.05) is 0 Å². The molecule has 0 saturated carbocycles. The molecule has 0 fully saturated rings. The zero-order valence-electron chi connectivity index (χ0n) is 9.42. The third-order valence-corrected chi connectivity index (χ3v) is 3.82. The Morgan fingerprint density at radius 2 is 2.22 bits per heavy atom. The summed E-state index contributed by atoms with van der Waals surface area (Å²) in [5.74, 6) is -3.41. The fraction of sp³-hybridized carbons (Fsp3) is 0.500. The smallest absolute Gasteiger partial charge is 0.277 e. The molecule has 0 radical (unpaired) electrons. The van der Waals surface area contributed by atoms with E-state index >= 15 is 0 Å². The topological polar surface area (TPSA) is 55.1 Å². The average Bonchev–Trinajstić information content (AvgIpc) is 2.70. The molecule has 1 aromatic heterocycles. The molecule has 0 aliphatic carbocycles. The fourth-order valence-electron chi connectivity index (χ4n) is 1.11. The van der Waals surface area contributed by atoms with E-state index in [4.69, 9.17) is 5.73 Å². The van der Waals surface area contributed by atoms with Gasteiger partial charge in [-0.15, -0.1) is 23.7 Å². The molecule has 0 aliphatic heterocycles. The predicted molar refractivity (Wildman–Crippen MR) is 74.6 cm³/mol. The molecule has 3 N–H and O–H groups in total. The Morgan fingerprint density at radius 3 is 2.72 bits per heavy atom. The third kappa shape index (κ3) is 6.63. The summed E-state index contributed by atoms with van der Waals surface area (Å²) in [7, 11) is 0. The van der Waals surface area contributed by atoms with Gasteiger partial charge < -0.3 is 11.1 Å². The van der Waals surface area contributed by atoms with Crippen molar-refractivity contribution < 1.29 is 13.6 Å². The van der Waals surface area contributed by atoms with Crippen molar-refractivity contribution >= 4 is 45.6 Å². The van der Waals surface area contributed by atoms with Crippen LogP contribution in [0.25, 0.3) is 0 Å². The number of amides is 1. The molecule has 0 aromatic carbocycles. The lowest BCUT2D eigenvalue weighted by Crippen LogP contribution is -2.41. The lowest BCUT2D eigenvalue weighted by molar-refractivity contribution is -0.122. The predicted octanol–water partition coefficient (Wildman–Crippen LogP) is 2.58. The van der Waals surface area contributed by atoms with Gasteiger partial charge >= 0.3 is 0 Å². The first-order chi connectivity index (χ1) is 7.93. The second-order valence-electron chi connectivity index (χ2n) is 3.57. The number of aryl methyl sites for hydroxylation is 1. The van der Waals surface area contributed by atoms with Crippen molar-refractivity contribution in [3.05, 3.63) is 20.8 Å². The van der Waals surface area contributed by atoms with Crippen molar-refractivity contribution in [1.82, 2.24) is 5.32 Å². The van der Waals surface area contributed by atoms with Gasteiger partial charge in [-0.2, -0.15) is 0 Å². The Morgan fingerprint density at radius 1 is 1.56 bits per heavy atom. The van der Waals surface area contributed by atoms with Gasteiger partial charge in [0.15, 0.2) is 0 Å². The Balaban J connectivity index is 0.00000289. The summed E-state index contributed by atoms with van der Waals surface area (Å²) in [5, 5.41) is 4.09. The van der Waals surface area contributed by atoms with Gasteiger partial charge in [0.1, 0.15) is 0 Å². The number of carbonyl (C=O) groups excluding carboxylic acids is 1. The Labute approximate surface area is 123 Å². The fourth-order valence-corrected chi connectivity index (χ4v) is 2.57. The van der Waals surface area contributed by atoms with Crippen molar-refractivity contribution in [2.45, 2.75) is 18.8 Å². The van der Waals surface area contributed by atoms with Crippen LogP contribution in [0.4, 0.5) is 8.78 Å². The summed E-state index contributed by atoms with van der Waals surface area (Å²) in [5.41, 5.74) is 4.86. The Bertz CT molecular complexity index is 390. The lowest BCUT2D eigenvalue weighted by Gasteiger charge is -2.14. The van der Waals surface area contributed by atoms with Crippen LogP contribution in [0.1, 0.15) is 11.3 Å². The number of nitrogens with one attached hydrogen (secondary N) is 1. The van der Waals surface area contributed by atoms with Gasteiger partial charge in [0.05, 0.1) is 13.1 Å². The molecule has 1 amide bonds. The van der Waals surface area contributed by atoms with E-state index in [1.54, 1.807) is 0 Å². The maximum Gasteiger partial charge on any atom is 0.277 e.